The minimum Gasteiger partial charge on any atom is -0.478 e. The quantitative estimate of drug-likeness (QED) is 0.853. The summed E-state index contributed by atoms with van der Waals surface area (Å²) in [6.45, 7) is 5.81. The molecule has 5 heteroatoms. The van der Waals surface area contributed by atoms with Crippen LogP contribution < -0.4 is 0 Å². The van der Waals surface area contributed by atoms with Crippen LogP contribution in [0.25, 0.3) is 0 Å². The Kier molecular flexibility index (Phi) is 4.45. The van der Waals surface area contributed by atoms with E-state index in [9.17, 15) is 9.90 Å². The van der Waals surface area contributed by atoms with Gasteiger partial charge in [0.2, 0.25) is 0 Å². The van der Waals surface area contributed by atoms with E-state index in [1.807, 2.05) is 13.8 Å². The highest BCUT2D eigenvalue weighted by atomic mass is 32.2. The van der Waals surface area contributed by atoms with Gasteiger partial charge in [0.25, 0.3) is 0 Å². The van der Waals surface area contributed by atoms with Crippen LogP contribution in [0.5, 0.6) is 0 Å². The summed E-state index contributed by atoms with van der Waals surface area (Å²) in [5, 5.41) is 10.5. The maximum Gasteiger partial charge on any atom is 0.340 e. The van der Waals surface area contributed by atoms with Gasteiger partial charge in [0.15, 0.2) is 0 Å². The minimum atomic E-state index is -0.923. The molecule has 0 radical (unpaired) electrons. The summed E-state index contributed by atoms with van der Waals surface area (Å²) >= 11 is 1.62. The second-order valence-corrected chi connectivity index (χ2v) is 6.62. The van der Waals surface area contributed by atoms with Crippen LogP contribution in [0.15, 0.2) is 5.03 Å². The van der Waals surface area contributed by atoms with E-state index in [1.54, 1.807) is 18.7 Å². The fraction of sp³-hybridized carbons (Fsp3) is 0.643. The van der Waals surface area contributed by atoms with Gasteiger partial charge < -0.3 is 5.11 Å². The zero-order chi connectivity index (χ0) is 14.0. The summed E-state index contributed by atoms with van der Waals surface area (Å²) in [5.41, 5.74) is 0.855. The van der Waals surface area contributed by atoms with Crippen LogP contribution in [-0.4, -0.2) is 26.3 Å². The first-order valence-electron chi connectivity index (χ1n) is 6.77. The summed E-state index contributed by atoms with van der Waals surface area (Å²) in [4.78, 5) is 20.2. The van der Waals surface area contributed by atoms with Gasteiger partial charge in [-0.25, -0.2) is 14.8 Å². The Labute approximate surface area is 118 Å². The highest BCUT2D eigenvalue weighted by Gasteiger charge is 2.24. The summed E-state index contributed by atoms with van der Waals surface area (Å²) in [7, 11) is 0. The lowest BCUT2D eigenvalue weighted by Crippen LogP contribution is -2.12. The lowest BCUT2D eigenvalue weighted by Gasteiger charge is -2.14. The van der Waals surface area contributed by atoms with Gasteiger partial charge >= 0.3 is 5.97 Å². The van der Waals surface area contributed by atoms with Gasteiger partial charge in [0, 0.05) is 11.2 Å². The zero-order valence-corrected chi connectivity index (χ0v) is 12.5. The van der Waals surface area contributed by atoms with Gasteiger partial charge in [-0.15, -0.1) is 11.8 Å². The van der Waals surface area contributed by atoms with Crippen LogP contribution >= 0.6 is 11.8 Å². The van der Waals surface area contributed by atoms with Crippen LogP contribution in [0.1, 0.15) is 67.3 Å². The number of nitrogens with zero attached hydrogens (tertiary/aromatic N) is 2. The van der Waals surface area contributed by atoms with E-state index >= 15 is 0 Å². The molecule has 2 rings (SSSR count). The molecule has 0 bridgehead atoms. The van der Waals surface area contributed by atoms with Crippen molar-refractivity contribution in [2.24, 2.45) is 0 Å². The van der Waals surface area contributed by atoms with Crippen molar-refractivity contribution in [1.29, 1.82) is 0 Å². The maximum atomic E-state index is 11.4. The Bertz CT molecular complexity index is 483. The first-order valence-corrected chi connectivity index (χ1v) is 7.65. The predicted molar refractivity (Wildman–Crippen MR) is 75.9 cm³/mol. The fourth-order valence-corrected chi connectivity index (χ4v) is 3.71. The second kappa shape index (κ2) is 5.90. The Hall–Kier alpha value is -1.10. The zero-order valence-electron chi connectivity index (χ0n) is 11.6. The van der Waals surface area contributed by atoms with Crippen molar-refractivity contribution in [3.8, 4) is 0 Å². The van der Waals surface area contributed by atoms with Crippen LogP contribution in [0.2, 0.25) is 0 Å². The molecule has 0 unspecified atom stereocenters. The Morgan fingerprint density at radius 2 is 1.95 bits per heavy atom. The number of thioether (sulfide) groups is 1. The number of aromatic nitrogens is 2. The molecule has 0 aromatic carbocycles. The van der Waals surface area contributed by atoms with Crippen LogP contribution in [-0.2, 0) is 0 Å². The summed E-state index contributed by atoms with van der Waals surface area (Å²) in [5.74, 6) is 0.0285. The van der Waals surface area contributed by atoms with Crippen LogP contribution in [0.3, 0.4) is 0 Å². The summed E-state index contributed by atoms with van der Waals surface area (Å²) in [6, 6.07) is 0. The lowest BCUT2D eigenvalue weighted by molar-refractivity contribution is 0.0690. The number of carboxylic acids is 1. The molecule has 0 saturated heterocycles. The van der Waals surface area contributed by atoms with Crippen LogP contribution in [0.4, 0.5) is 0 Å². The molecule has 1 aromatic rings. The lowest BCUT2D eigenvalue weighted by atomic mass is 10.2. The molecular formula is C14H20N2O2S. The number of carboxylic acid groups (broad SMARTS) is 1. The van der Waals surface area contributed by atoms with Crippen molar-refractivity contribution in [2.75, 3.05) is 0 Å². The molecular weight excluding hydrogens is 260 g/mol. The van der Waals surface area contributed by atoms with Crippen molar-refractivity contribution in [3.63, 3.8) is 0 Å². The van der Waals surface area contributed by atoms with Crippen molar-refractivity contribution in [3.05, 3.63) is 17.1 Å². The molecule has 1 aliphatic rings. The van der Waals surface area contributed by atoms with Gasteiger partial charge in [-0.3, -0.25) is 0 Å². The first-order chi connectivity index (χ1) is 8.99. The van der Waals surface area contributed by atoms with Crippen molar-refractivity contribution >= 4 is 17.7 Å². The molecule has 1 aromatic heterocycles. The van der Waals surface area contributed by atoms with Crippen molar-refractivity contribution < 1.29 is 9.90 Å². The summed E-state index contributed by atoms with van der Waals surface area (Å²) < 4.78 is 0. The highest BCUT2D eigenvalue weighted by Crippen LogP contribution is 2.36. The molecule has 0 atom stereocenters. The molecule has 1 heterocycles. The largest absolute Gasteiger partial charge is 0.478 e. The number of hydrogen-bond acceptors (Lipinski definition) is 4. The third kappa shape index (κ3) is 3.26. The highest BCUT2D eigenvalue weighted by molar-refractivity contribution is 7.99. The maximum absolute atomic E-state index is 11.4. The van der Waals surface area contributed by atoms with Gasteiger partial charge in [-0.2, -0.15) is 0 Å². The van der Waals surface area contributed by atoms with E-state index in [-0.39, 0.29) is 11.5 Å². The van der Waals surface area contributed by atoms with E-state index in [0.29, 0.717) is 16.0 Å². The monoisotopic (exact) mass is 280 g/mol. The molecule has 104 valence electrons. The van der Waals surface area contributed by atoms with E-state index in [4.69, 9.17) is 0 Å². The van der Waals surface area contributed by atoms with Crippen LogP contribution in [0, 0.1) is 6.92 Å². The average Bonchev–Trinajstić information content (AvgIpc) is 2.80. The Balaban J connectivity index is 2.38. The Morgan fingerprint density at radius 3 is 2.47 bits per heavy atom. The van der Waals surface area contributed by atoms with E-state index in [1.165, 1.54) is 12.8 Å². The molecule has 1 saturated carbocycles. The molecule has 1 fully saturated rings. The molecule has 1 N–H and O–H groups in total. The fourth-order valence-electron chi connectivity index (χ4n) is 2.32. The SMILES string of the molecule is Cc1nc(C(C)C)nc(SC2CCCC2)c1C(=O)O. The van der Waals surface area contributed by atoms with Gasteiger partial charge in [-0.05, 0) is 19.8 Å². The minimum absolute atomic E-state index is 0.212. The van der Waals surface area contributed by atoms with Gasteiger partial charge in [-0.1, -0.05) is 26.7 Å². The number of rotatable bonds is 4. The third-order valence-corrected chi connectivity index (χ3v) is 4.71. The number of hydrogen-bond donors (Lipinski definition) is 1. The average molecular weight is 280 g/mol. The molecule has 19 heavy (non-hydrogen) atoms. The first kappa shape index (κ1) is 14.3. The van der Waals surface area contributed by atoms with E-state index in [2.05, 4.69) is 9.97 Å². The molecule has 1 aliphatic carbocycles. The van der Waals surface area contributed by atoms with Crippen molar-refractivity contribution in [1.82, 2.24) is 9.97 Å². The topological polar surface area (TPSA) is 63.1 Å². The summed E-state index contributed by atoms with van der Waals surface area (Å²) in [6.07, 6.45) is 4.79. The number of aromatic carboxylic acids is 1. The predicted octanol–water partition coefficient (Wildman–Crippen LogP) is 3.64. The van der Waals surface area contributed by atoms with E-state index in [0.717, 1.165) is 18.7 Å². The molecule has 4 nitrogen and oxygen atoms in total. The smallest absolute Gasteiger partial charge is 0.340 e. The second-order valence-electron chi connectivity index (χ2n) is 5.33. The number of carbonyl (C=O) groups is 1. The molecule has 0 aliphatic heterocycles. The molecule has 0 amide bonds. The molecule has 0 spiro atoms. The standard InChI is InChI=1S/C14H20N2O2S/c1-8(2)12-15-9(3)11(14(17)18)13(16-12)19-10-6-4-5-7-10/h8,10H,4-7H2,1-3H3,(H,17,18). The Morgan fingerprint density at radius 1 is 1.32 bits per heavy atom. The van der Waals surface area contributed by atoms with Gasteiger partial charge in [0.05, 0.1) is 5.69 Å². The van der Waals surface area contributed by atoms with Gasteiger partial charge in [0.1, 0.15) is 16.4 Å². The normalized spacial score (nSPS) is 16.2. The van der Waals surface area contributed by atoms with Crippen molar-refractivity contribution in [2.45, 2.75) is 62.6 Å². The number of aryl methyl sites for hydroxylation is 1. The van der Waals surface area contributed by atoms with E-state index < -0.39 is 5.97 Å². The third-order valence-electron chi connectivity index (χ3n) is 3.38.